The highest BCUT2D eigenvalue weighted by molar-refractivity contribution is 8.19. The van der Waals surface area contributed by atoms with E-state index in [1.807, 2.05) is 25.2 Å². The molecule has 11 heavy (non-hydrogen) atoms. The van der Waals surface area contributed by atoms with E-state index in [0.29, 0.717) is 5.75 Å². The Hall–Kier alpha value is -0.0900. The van der Waals surface area contributed by atoms with Crippen molar-refractivity contribution in [1.82, 2.24) is 4.90 Å². The second-order valence-corrected chi connectivity index (χ2v) is 4.86. The smallest absolute Gasteiger partial charge is 0.180 e. The number of thioether (sulfide) groups is 2. The summed E-state index contributed by atoms with van der Waals surface area (Å²) in [7, 11) is 3.87. The number of allylic oxidation sites excluding steroid dienone is 1. The van der Waals surface area contributed by atoms with Gasteiger partial charge >= 0.3 is 0 Å². The van der Waals surface area contributed by atoms with E-state index in [1.54, 1.807) is 23.5 Å². The highest BCUT2D eigenvalue weighted by Crippen LogP contribution is 2.28. The van der Waals surface area contributed by atoms with Crippen LogP contribution in [0, 0.1) is 0 Å². The average molecular weight is 189 g/mol. The summed E-state index contributed by atoms with van der Waals surface area (Å²) in [6.07, 6.45) is 1.90. The van der Waals surface area contributed by atoms with Crippen molar-refractivity contribution in [1.29, 1.82) is 0 Å². The van der Waals surface area contributed by atoms with Gasteiger partial charge in [0, 0.05) is 25.4 Å². The summed E-state index contributed by atoms with van der Waals surface area (Å²) < 4.78 is 0. The van der Waals surface area contributed by atoms with E-state index in [9.17, 15) is 4.79 Å². The second kappa shape index (κ2) is 4.07. The van der Waals surface area contributed by atoms with E-state index < -0.39 is 0 Å². The molecule has 0 amide bonds. The van der Waals surface area contributed by atoms with Crippen LogP contribution < -0.4 is 0 Å². The molecular weight excluding hydrogens is 178 g/mol. The van der Waals surface area contributed by atoms with Gasteiger partial charge in [-0.3, -0.25) is 4.79 Å². The van der Waals surface area contributed by atoms with E-state index in [1.165, 1.54) is 0 Å². The lowest BCUT2D eigenvalue weighted by Gasteiger charge is -2.14. The molecule has 0 bridgehead atoms. The van der Waals surface area contributed by atoms with E-state index in [2.05, 4.69) is 0 Å². The zero-order valence-corrected chi connectivity index (χ0v) is 8.30. The molecule has 4 heteroatoms. The van der Waals surface area contributed by atoms with Gasteiger partial charge in [-0.1, -0.05) is 0 Å². The maximum Gasteiger partial charge on any atom is 0.180 e. The van der Waals surface area contributed by atoms with Crippen molar-refractivity contribution in [2.75, 3.05) is 24.9 Å². The zero-order chi connectivity index (χ0) is 8.27. The molecule has 0 saturated carbocycles. The Labute approximate surface area is 75.4 Å². The lowest BCUT2D eigenvalue weighted by Crippen LogP contribution is -2.12. The SMILES string of the molecule is CN(C)C=C1SCSCC1=O. The van der Waals surface area contributed by atoms with Crippen molar-refractivity contribution >= 4 is 29.3 Å². The quantitative estimate of drug-likeness (QED) is 0.581. The maximum absolute atomic E-state index is 11.2. The minimum atomic E-state index is 0.264. The highest BCUT2D eigenvalue weighted by Gasteiger charge is 2.15. The largest absolute Gasteiger partial charge is 0.382 e. The van der Waals surface area contributed by atoms with E-state index in [0.717, 1.165) is 9.99 Å². The number of hydrogen-bond donors (Lipinski definition) is 0. The van der Waals surface area contributed by atoms with Gasteiger partial charge in [0.1, 0.15) is 0 Å². The molecule has 1 saturated heterocycles. The highest BCUT2D eigenvalue weighted by atomic mass is 32.2. The third kappa shape index (κ3) is 2.79. The van der Waals surface area contributed by atoms with Gasteiger partial charge in [-0.15, -0.1) is 23.5 Å². The van der Waals surface area contributed by atoms with Crippen molar-refractivity contribution < 1.29 is 4.79 Å². The molecule has 1 fully saturated rings. The Morgan fingerprint density at radius 2 is 2.27 bits per heavy atom. The van der Waals surface area contributed by atoms with Gasteiger partial charge < -0.3 is 4.90 Å². The molecule has 1 aliphatic heterocycles. The molecule has 0 N–H and O–H groups in total. The number of Topliss-reactive ketones (excluding diaryl/α,β-unsaturated/α-hetero) is 1. The number of carbonyl (C=O) groups excluding carboxylic acids is 1. The molecule has 1 rings (SSSR count). The van der Waals surface area contributed by atoms with Crippen LogP contribution in [0.2, 0.25) is 0 Å². The second-order valence-electron chi connectivity index (χ2n) is 2.49. The normalized spacial score (nSPS) is 22.4. The summed E-state index contributed by atoms with van der Waals surface area (Å²) >= 11 is 3.32. The van der Waals surface area contributed by atoms with Crippen LogP contribution in [-0.2, 0) is 4.79 Å². The first-order chi connectivity index (χ1) is 5.20. The fourth-order valence-electron chi connectivity index (χ4n) is 0.735. The maximum atomic E-state index is 11.2. The molecule has 0 aliphatic carbocycles. The lowest BCUT2D eigenvalue weighted by atomic mass is 10.4. The number of carbonyl (C=O) groups is 1. The molecule has 1 aliphatic rings. The Morgan fingerprint density at radius 3 is 2.82 bits per heavy atom. The van der Waals surface area contributed by atoms with Gasteiger partial charge in [0.05, 0.1) is 10.7 Å². The molecule has 0 aromatic heterocycles. The molecule has 0 spiro atoms. The minimum absolute atomic E-state index is 0.264. The van der Waals surface area contributed by atoms with Gasteiger partial charge in [0.25, 0.3) is 0 Å². The first-order valence-electron chi connectivity index (χ1n) is 3.32. The first-order valence-corrected chi connectivity index (χ1v) is 5.46. The van der Waals surface area contributed by atoms with Gasteiger partial charge in [0.15, 0.2) is 5.78 Å². The summed E-state index contributed by atoms with van der Waals surface area (Å²) in [5.41, 5.74) is 0. The van der Waals surface area contributed by atoms with Crippen molar-refractivity contribution in [2.45, 2.75) is 0 Å². The van der Waals surface area contributed by atoms with Crippen LogP contribution in [0.3, 0.4) is 0 Å². The summed E-state index contributed by atoms with van der Waals surface area (Å²) in [5, 5.41) is 1.01. The van der Waals surface area contributed by atoms with Crippen LogP contribution >= 0.6 is 23.5 Å². The van der Waals surface area contributed by atoms with Crippen molar-refractivity contribution in [3.63, 3.8) is 0 Å². The Morgan fingerprint density at radius 1 is 1.55 bits per heavy atom. The van der Waals surface area contributed by atoms with E-state index in [-0.39, 0.29) is 5.78 Å². The molecule has 0 atom stereocenters. The van der Waals surface area contributed by atoms with Crippen LogP contribution in [0.25, 0.3) is 0 Å². The third-order valence-corrected chi connectivity index (χ3v) is 3.43. The zero-order valence-electron chi connectivity index (χ0n) is 6.66. The third-order valence-electron chi connectivity index (χ3n) is 1.18. The Bertz CT molecular complexity index is 189. The van der Waals surface area contributed by atoms with Crippen LogP contribution in [0.1, 0.15) is 0 Å². The summed E-state index contributed by atoms with van der Waals surface area (Å²) in [6, 6.07) is 0. The average Bonchev–Trinajstić information content (AvgIpc) is 1.93. The molecule has 0 aromatic carbocycles. The van der Waals surface area contributed by atoms with Gasteiger partial charge in [0.2, 0.25) is 0 Å². The molecular formula is C7H11NOS2. The number of ketones is 1. The number of hydrogen-bond acceptors (Lipinski definition) is 4. The number of nitrogens with zero attached hydrogens (tertiary/aromatic N) is 1. The van der Waals surface area contributed by atoms with Crippen LogP contribution in [0.5, 0.6) is 0 Å². The van der Waals surface area contributed by atoms with Crippen molar-refractivity contribution in [3.8, 4) is 0 Å². The monoisotopic (exact) mass is 189 g/mol. The summed E-state index contributed by atoms with van der Waals surface area (Å²) in [4.78, 5) is 14.0. The van der Waals surface area contributed by atoms with Crippen molar-refractivity contribution in [3.05, 3.63) is 11.1 Å². The topological polar surface area (TPSA) is 20.3 Å². The number of rotatable bonds is 1. The summed E-state index contributed by atoms with van der Waals surface area (Å²) in [5.74, 6) is 0.909. The minimum Gasteiger partial charge on any atom is -0.382 e. The van der Waals surface area contributed by atoms with Crippen LogP contribution in [0.4, 0.5) is 0 Å². The van der Waals surface area contributed by atoms with Crippen LogP contribution in [-0.4, -0.2) is 35.6 Å². The van der Waals surface area contributed by atoms with Crippen molar-refractivity contribution in [2.24, 2.45) is 0 Å². The lowest BCUT2D eigenvalue weighted by molar-refractivity contribution is -0.112. The fourth-order valence-corrected chi connectivity index (χ4v) is 2.86. The molecule has 0 unspecified atom stereocenters. The standard InChI is InChI=1S/C7H11NOS2/c1-8(2)3-7-6(9)4-10-5-11-7/h3H,4-5H2,1-2H3. The Kier molecular flexibility index (Phi) is 3.33. The first kappa shape index (κ1) is 9.00. The Balaban J connectivity index is 2.61. The molecule has 0 radical (unpaired) electrons. The molecule has 1 heterocycles. The van der Waals surface area contributed by atoms with Gasteiger partial charge in [-0.2, -0.15) is 0 Å². The summed E-state index contributed by atoms with van der Waals surface area (Å²) in [6.45, 7) is 0. The predicted molar refractivity (Wildman–Crippen MR) is 51.7 cm³/mol. The molecule has 0 aromatic rings. The molecule has 62 valence electrons. The van der Waals surface area contributed by atoms with E-state index >= 15 is 0 Å². The van der Waals surface area contributed by atoms with E-state index in [4.69, 9.17) is 0 Å². The fraction of sp³-hybridized carbons (Fsp3) is 0.571. The molecule has 2 nitrogen and oxygen atoms in total. The van der Waals surface area contributed by atoms with Gasteiger partial charge in [-0.25, -0.2) is 0 Å². The van der Waals surface area contributed by atoms with Gasteiger partial charge in [-0.05, 0) is 0 Å². The predicted octanol–water partition coefficient (Wildman–Crippen LogP) is 1.40. The van der Waals surface area contributed by atoms with Crippen LogP contribution in [0.15, 0.2) is 11.1 Å².